The largest absolute Gasteiger partial charge is 4.00 e. The van der Waals surface area contributed by atoms with E-state index in [0.717, 1.165) is 24.3 Å². The molecule has 2 aromatic rings. The SMILES string of the molecule is O=C([O-])c1ccccc1C(=O)[O-].O=C([O-])c1ccccc1C(=O)[O-].[C+4]. The van der Waals surface area contributed by atoms with Gasteiger partial charge in [0.05, 0.1) is 23.9 Å². The first-order valence-electron chi connectivity index (χ1n) is 6.29. The Morgan fingerprint density at radius 2 is 0.640 bits per heavy atom. The predicted molar refractivity (Wildman–Crippen MR) is 73.4 cm³/mol. The summed E-state index contributed by atoms with van der Waals surface area (Å²) in [6.45, 7) is 0. The first-order chi connectivity index (χ1) is 11.3. The van der Waals surface area contributed by atoms with Crippen LogP contribution < -0.4 is 20.4 Å². The molecule has 0 N–H and O–H groups in total. The summed E-state index contributed by atoms with van der Waals surface area (Å²) in [4.78, 5) is 41.3. The van der Waals surface area contributed by atoms with Gasteiger partial charge in [-0.2, -0.15) is 0 Å². The fourth-order valence-electron chi connectivity index (χ4n) is 1.68. The average molecular weight is 340 g/mol. The molecular weight excluding hydrogens is 332 g/mol. The number of aromatic carboxylic acids is 4. The molecule has 0 saturated carbocycles. The van der Waals surface area contributed by atoms with Gasteiger partial charge >= 0.3 is 7.43 Å². The van der Waals surface area contributed by atoms with Crippen molar-refractivity contribution in [3.63, 3.8) is 0 Å². The zero-order chi connectivity index (χ0) is 18.3. The molecule has 0 aliphatic rings. The van der Waals surface area contributed by atoms with Gasteiger partial charge in [0.15, 0.2) is 0 Å². The molecule has 2 aromatic carbocycles. The zero-order valence-corrected chi connectivity index (χ0v) is 12.4. The van der Waals surface area contributed by atoms with E-state index < -0.39 is 23.9 Å². The number of rotatable bonds is 4. The molecule has 0 heterocycles. The van der Waals surface area contributed by atoms with Crippen LogP contribution in [0.2, 0.25) is 0 Å². The van der Waals surface area contributed by atoms with Gasteiger partial charge < -0.3 is 39.6 Å². The van der Waals surface area contributed by atoms with Crippen molar-refractivity contribution in [3.8, 4) is 0 Å². The van der Waals surface area contributed by atoms with Gasteiger partial charge in [-0.25, -0.2) is 0 Å². The van der Waals surface area contributed by atoms with Crippen LogP contribution in [0.1, 0.15) is 41.4 Å². The molecule has 8 heteroatoms. The number of carbonyl (C=O) groups excluding carboxylic acids is 4. The molecule has 0 atom stereocenters. The van der Waals surface area contributed by atoms with E-state index in [-0.39, 0.29) is 29.7 Å². The molecule has 124 valence electrons. The maximum absolute atomic E-state index is 10.3. The van der Waals surface area contributed by atoms with Crippen molar-refractivity contribution in [2.75, 3.05) is 0 Å². The molecule has 0 unspecified atom stereocenters. The van der Waals surface area contributed by atoms with Crippen LogP contribution in [-0.4, -0.2) is 23.9 Å². The smallest absolute Gasteiger partial charge is 0.545 e. The quantitative estimate of drug-likeness (QED) is 0.565. The number of hydrogen-bond acceptors (Lipinski definition) is 8. The van der Waals surface area contributed by atoms with Crippen LogP contribution in [-0.2, 0) is 0 Å². The third-order valence-electron chi connectivity index (χ3n) is 2.73. The normalized spacial score (nSPS) is 8.96. The number of carboxylic acids is 4. The molecule has 0 aliphatic carbocycles. The number of hydrogen-bond donors (Lipinski definition) is 0. The number of carbonyl (C=O) groups is 4. The van der Waals surface area contributed by atoms with Crippen molar-refractivity contribution in [1.29, 1.82) is 0 Å². The third kappa shape index (κ3) is 5.79. The number of benzene rings is 2. The molecule has 0 radical (unpaired) electrons. The van der Waals surface area contributed by atoms with Gasteiger partial charge in [-0.1, -0.05) is 48.5 Å². The zero-order valence-electron chi connectivity index (χ0n) is 12.4. The summed E-state index contributed by atoms with van der Waals surface area (Å²) >= 11 is 0. The molecule has 0 spiro atoms. The fraction of sp³-hybridized carbons (Fsp3) is 0. The van der Waals surface area contributed by atoms with E-state index in [1.807, 2.05) is 0 Å². The van der Waals surface area contributed by atoms with Crippen molar-refractivity contribution in [3.05, 3.63) is 78.2 Å². The topological polar surface area (TPSA) is 161 Å². The summed E-state index contributed by atoms with van der Waals surface area (Å²) < 4.78 is 0. The van der Waals surface area contributed by atoms with Gasteiger partial charge in [-0.3, -0.25) is 0 Å². The summed E-state index contributed by atoms with van der Waals surface area (Å²) in [7, 11) is 0. The molecule has 2 rings (SSSR count). The second-order valence-electron chi connectivity index (χ2n) is 4.24. The van der Waals surface area contributed by atoms with E-state index in [0.29, 0.717) is 0 Å². The molecule has 8 nitrogen and oxygen atoms in total. The monoisotopic (exact) mass is 340 g/mol. The van der Waals surface area contributed by atoms with E-state index >= 15 is 0 Å². The van der Waals surface area contributed by atoms with Crippen molar-refractivity contribution in [2.45, 2.75) is 0 Å². The van der Waals surface area contributed by atoms with Crippen molar-refractivity contribution >= 4 is 23.9 Å². The predicted octanol–water partition coefficient (Wildman–Crippen LogP) is -3.09. The maximum Gasteiger partial charge on any atom is 4.00 e. The minimum Gasteiger partial charge on any atom is -0.545 e. The molecule has 0 bridgehead atoms. The summed E-state index contributed by atoms with van der Waals surface area (Å²) in [5, 5.41) is 41.3. The van der Waals surface area contributed by atoms with E-state index in [9.17, 15) is 39.6 Å². The summed E-state index contributed by atoms with van der Waals surface area (Å²) in [6, 6.07) is 10.3. The van der Waals surface area contributed by atoms with E-state index in [4.69, 9.17) is 0 Å². The van der Waals surface area contributed by atoms with Gasteiger partial charge in [-0.05, 0) is 0 Å². The van der Waals surface area contributed by atoms with E-state index in [1.165, 1.54) is 24.3 Å². The van der Waals surface area contributed by atoms with Crippen LogP contribution in [0.4, 0.5) is 0 Å². The Bertz CT molecular complexity index is 661. The van der Waals surface area contributed by atoms with Crippen LogP contribution in [0.3, 0.4) is 0 Å². The van der Waals surface area contributed by atoms with Gasteiger partial charge in [0.25, 0.3) is 0 Å². The molecular formula is C17H8O8. The Balaban J connectivity index is 0.000000443. The second kappa shape index (κ2) is 9.46. The van der Waals surface area contributed by atoms with Gasteiger partial charge in [-0.15, -0.1) is 0 Å². The minimum absolute atomic E-state index is 0. The van der Waals surface area contributed by atoms with E-state index in [1.54, 1.807) is 0 Å². The molecule has 0 fully saturated rings. The number of carboxylic acid groups (broad SMARTS) is 4. The van der Waals surface area contributed by atoms with Gasteiger partial charge in [0.1, 0.15) is 0 Å². The molecule has 25 heavy (non-hydrogen) atoms. The Hall–Kier alpha value is -3.68. The average Bonchev–Trinajstić information content (AvgIpc) is 2.55. The Kier molecular flexibility index (Phi) is 8.06. The van der Waals surface area contributed by atoms with Crippen molar-refractivity contribution < 1.29 is 39.6 Å². The van der Waals surface area contributed by atoms with E-state index in [2.05, 4.69) is 0 Å². The standard InChI is InChI=1S/2C8H6O4.C/c2*9-7(10)5-3-1-2-4-6(5)8(11)12;/h2*1-4H,(H,9,10)(H,11,12);/q;;+4/p-4. The van der Waals surface area contributed by atoms with Crippen LogP contribution in [0.15, 0.2) is 48.5 Å². The fourth-order valence-corrected chi connectivity index (χ4v) is 1.68. The van der Waals surface area contributed by atoms with Crippen molar-refractivity contribution in [1.82, 2.24) is 0 Å². The van der Waals surface area contributed by atoms with Crippen molar-refractivity contribution in [2.24, 2.45) is 0 Å². The Labute approximate surface area is 142 Å². The van der Waals surface area contributed by atoms with Crippen LogP contribution in [0, 0.1) is 7.43 Å². The summed E-state index contributed by atoms with van der Waals surface area (Å²) in [6.07, 6.45) is 0. The second-order valence-corrected chi connectivity index (χ2v) is 4.24. The third-order valence-corrected chi connectivity index (χ3v) is 2.73. The first-order valence-corrected chi connectivity index (χ1v) is 6.29. The van der Waals surface area contributed by atoms with Crippen LogP contribution in [0.25, 0.3) is 0 Å². The molecule has 0 aliphatic heterocycles. The molecule has 0 amide bonds. The van der Waals surface area contributed by atoms with Crippen LogP contribution >= 0.6 is 0 Å². The first kappa shape index (κ1) is 21.3. The van der Waals surface area contributed by atoms with Gasteiger partial charge in [0.2, 0.25) is 0 Å². The Morgan fingerprint density at radius 3 is 0.760 bits per heavy atom. The van der Waals surface area contributed by atoms with Crippen LogP contribution in [0.5, 0.6) is 0 Å². The maximum atomic E-state index is 10.3. The molecule has 0 saturated heterocycles. The van der Waals surface area contributed by atoms with Gasteiger partial charge in [0, 0.05) is 22.3 Å². The summed E-state index contributed by atoms with van der Waals surface area (Å²) in [5.74, 6) is -6.07. The minimum atomic E-state index is -1.52. The summed E-state index contributed by atoms with van der Waals surface area (Å²) in [5.41, 5.74) is -1.45. The molecule has 0 aromatic heterocycles. The Morgan fingerprint density at radius 1 is 0.480 bits per heavy atom.